The first-order valence-electron chi connectivity index (χ1n) is 7.40. The number of piperazine rings is 1. The number of rotatable bonds is 2. The smallest absolute Gasteiger partial charge is 0.151 e. The molecule has 4 heteroatoms. The fraction of sp³-hybridized carbons (Fsp3) is 0.235. The van der Waals surface area contributed by atoms with Crippen molar-refractivity contribution in [2.45, 2.75) is 0 Å². The summed E-state index contributed by atoms with van der Waals surface area (Å²) in [5.74, 6) is 1.04. The van der Waals surface area contributed by atoms with Crippen LogP contribution in [0.2, 0.25) is 0 Å². The fourth-order valence-corrected chi connectivity index (χ4v) is 2.87. The predicted octanol–water partition coefficient (Wildman–Crippen LogP) is 2.64. The van der Waals surface area contributed by atoms with Crippen molar-refractivity contribution < 1.29 is 0 Å². The van der Waals surface area contributed by atoms with E-state index in [1.807, 2.05) is 0 Å². The monoisotopic (exact) mass is 278 g/mol. The second kappa shape index (κ2) is 5.22. The van der Waals surface area contributed by atoms with Crippen molar-refractivity contribution in [3.63, 3.8) is 0 Å². The molecule has 1 aliphatic rings. The SMILES string of the molecule is c1ccc2cc(-c3cc(N4CCNCC4)n[nH]3)ccc2c1. The first kappa shape index (κ1) is 12.4. The summed E-state index contributed by atoms with van der Waals surface area (Å²) in [7, 11) is 0. The van der Waals surface area contributed by atoms with Gasteiger partial charge in [-0.15, -0.1) is 0 Å². The van der Waals surface area contributed by atoms with Crippen LogP contribution in [0.5, 0.6) is 0 Å². The number of hydrogen-bond acceptors (Lipinski definition) is 3. The van der Waals surface area contributed by atoms with Gasteiger partial charge in [0, 0.05) is 37.8 Å². The lowest BCUT2D eigenvalue weighted by Crippen LogP contribution is -2.43. The predicted molar refractivity (Wildman–Crippen MR) is 86.6 cm³/mol. The average molecular weight is 278 g/mol. The minimum absolute atomic E-state index is 1.02. The lowest BCUT2D eigenvalue weighted by atomic mass is 10.1. The van der Waals surface area contributed by atoms with Crippen LogP contribution in [0.1, 0.15) is 0 Å². The van der Waals surface area contributed by atoms with Gasteiger partial charge in [-0.3, -0.25) is 5.10 Å². The summed E-state index contributed by atoms with van der Waals surface area (Å²) in [6.07, 6.45) is 0. The van der Waals surface area contributed by atoms with E-state index >= 15 is 0 Å². The number of benzene rings is 2. The molecule has 0 spiro atoms. The molecular formula is C17H18N4. The van der Waals surface area contributed by atoms with Crippen molar-refractivity contribution in [2.75, 3.05) is 31.1 Å². The molecule has 1 saturated heterocycles. The molecule has 0 saturated carbocycles. The Kier molecular flexibility index (Phi) is 3.09. The maximum Gasteiger partial charge on any atom is 0.151 e. The summed E-state index contributed by atoms with van der Waals surface area (Å²) in [4.78, 5) is 2.32. The molecular weight excluding hydrogens is 260 g/mol. The third-order valence-corrected chi connectivity index (χ3v) is 4.07. The average Bonchev–Trinajstić information content (AvgIpc) is 3.05. The van der Waals surface area contributed by atoms with Crippen molar-refractivity contribution >= 4 is 16.6 Å². The number of nitrogens with one attached hydrogen (secondary N) is 2. The molecule has 4 nitrogen and oxygen atoms in total. The minimum Gasteiger partial charge on any atom is -0.353 e. The molecule has 2 heterocycles. The van der Waals surface area contributed by atoms with Gasteiger partial charge in [0.2, 0.25) is 0 Å². The molecule has 2 N–H and O–H groups in total. The molecule has 1 aromatic heterocycles. The molecule has 1 fully saturated rings. The van der Waals surface area contributed by atoms with Gasteiger partial charge in [-0.1, -0.05) is 36.4 Å². The van der Waals surface area contributed by atoms with E-state index in [1.54, 1.807) is 0 Å². The third kappa shape index (κ3) is 2.38. The second-order valence-corrected chi connectivity index (χ2v) is 5.44. The van der Waals surface area contributed by atoms with Crippen molar-refractivity contribution in [2.24, 2.45) is 0 Å². The van der Waals surface area contributed by atoms with Crippen LogP contribution in [0.15, 0.2) is 48.5 Å². The Bertz CT molecular complexity index is 756. The zero-order chi connectivity index (χ0) is 14.1. The van der Waals surface area contributed by atoms with Crippen LogP contribution in [0.25, 0.3) is 22.0 Å². The second-order valence-electron chi connectivity index (χ2n) is 5.44. The number of aromatic nitrogens is 2. The largest absolute Gasteiger partial charge is 0.353 e. The van der Waals surface area contributed by atoms with Crippen molar-refractivity contribution in [3.8, 4) is 11.3 Å². The first-order chi connectivity index (χ1) is 10.4. The molecule has 2 aromatic carbocycles. The van der Waals surface area contributed by atoms with E-state index in [9.17, 15) is 0 Å². The third-order valence-electron chi connectivity index (χ3n) is 4.07. The molecule has 106 valence electrons. The molecule has 1 aliphatic heterocycles. The van der Waals surface area contributed by atoms with Gasteiger partial charge in [-0.05, 0) is 16.8 Å². The molecule has 0 atom stereocenters. The van der Waals surface area contributed by atoms with Gasteiger partial charge < -0.3 is 10.2 Å². The van der Waals surface area contributed by atoms with Gasteiger partial charge >= 0.3 is 0 Å². The molecule has 0 unspecified atom stereocenters. The molecule has 21 heavy (non-hydrogen) atoms. The lowest BCUT2D eigenvalue weighted by Gasteiger charge is -2.26. The molecule has 4 rings (SSSR count). The number of H-pyrrole nitrogens is 1. The number of anilines is 1. The Morgan fingerprint density at radius 1 is 0.905 bits per heavy atom. The Labute approximate surface area is 123 Å². The summed E-state index contributed by atoms with van der Waals surface area (Å²) >= 11 is 0. The highest BCUT2D eigenvalue weighted by atomic mass is 15.3. The zero-order valence-electron chi connectivity index (χ0n) is 11.8. The van der Waals surface area contributed by atoms with Crippen molar-refractivity contribution in [3.05, 3.63) is 48.5 Å². The lowest BCUT2D eigenvalue weighted by molar-refractivity contribution is 0.584. The van der Waals surface area contributed by atoms with Crippen molar-refractivity contribution in [1.29, 1.82) is 0 Å². The molecule has 0 bridgehead atoms. The van der Waals surface area contributed by atoms with Crippen LogP contribution < -0.4 is 10.2 Å². The normalized spacial score (nSPS) is 15.5. The number of hydrogen-bond donors (Lipinski definition) is 2. The molecule has 0 aliphatic carbocycles. The van der Waals surface area contributed by atoms with Gasteiger partial charge in [-0.25, -0.2) is 0 Å². The summed E-state index contributed by atoms with van der Waals surface area (Å²) in [6.45, 7) is 4.08. The van der Waals surface area contributed by atoms with Gasteiger partial charge in [0.1, 0.15) is 0 Å². The number of nitrogens with zero attached hydrogens (tertiary/aromatic N) is 2. The van der Waals surface area contributed by atoms with Gasteiger partial charge in [-0.2, -0.15) is 5.10 Å². The van der Waals surface area contributed by atoms with E-state index in [0.717, 1.165) is 37.7 Å². The van der Waals surface area contributed by atoms with Gasteiger partial charge in [0.15, 0.2) is 5.82 Å². The maximum absolute atomic E-state index is 4.47. The Balaban J connectivity index is 1.67. The van der Waals surface area contributed by atoms with E-state index < -0.39 is 0 Å². The standard InChI is InChI=1S/C17H18N4/c1-2-4-14-11-15(6-5-13(14)3-1)16-12-17(20-19-16)21-9-7-18-8-10-21/h1-6,11-12,18H,7-10H2,(H,19,20). The Hall–Kier alpha value is -2.33. The zero-order valence-corrected chi connectivity index (χ0v) is 11.8. The van der Waals surface area contributed by atoms with Crippen LogP contribution in [-0.2, 0) is 0 Å². The van der Waals surface area contributed by atoms with E-state index in [2.05, 4.69) is 68.9 Å². The number of aromatic amines is 1. The van der Waals surface area contributed by atoms with Crippen LogP contribution in [0.4, 0.5) is 5.82 Å². The maximum atomic E-state index is 4.47. The highest BCUT2D eigenvalue weighted by molar-refractivity contribution is 5.87. The quantitative estimate of drug-likeness (QED) is 0.757. The highest BCUT2D eigenvalue weighted by Gasteiger charge is 2.14. The van der Waals surface area contributed by atoms with Crippen LogP contribution in [0, 0.1) is 0 Å². The Morgan fingerprint density at radius 3 is 2.57 bits per heavy atom. The van der Waals surface area contributed by atoms with Crippen LogP contribution in [0.3, 0.4) is 0 Å². The highest BCUT2D eigenvalue weighted by Crippen LogP contribution is 2.25. The van der Waals surface area contributed by atoms with Crippen molar-refractivity contribution in [1.82, 2.24) is 15.5 Å². The summed E-state index contributed by atoms with van der Waals surface area (Å²) in [5, 5.41) is 13.5. The van der Waals surface area contributed by atoms with Gasteiger partial charge in [0.25, 0.3) is 0 Å². The molecule has 0 radical (unpaired) electrons. The van der Waals surface area contributed by atoms with Gasteiger partial charge in [0.05, 0.1) is 5.69 Å². The number of fused-ring (bicyclic) bond motifs is 1. The minimum atomic E-state index is 1.02. The van der Waals surface area contributed by atoms with Crippen LogP contribution >= 0.6 is 0 Å². The Morgan fingerprint density at radius 2 is 1.71 bits per heavy atom. The summed E-state index contributed by atoms with van der Waals surface area (Å²) in [5.41, 5.74) is 2.26. The summed E-state index contributed by atoms with van der Waals surface area (Å²) < 4.78 is 0. The van der Waals surface area contributed by atoms with E-state index in [1.165, 1.54) is 16.3 Å². The fourth-order valence-electron chi connectivity index (χ4n) is 2.87. The van der Waals surface area contributed by atoms with E-state index in [0.29, 0.717) is 0 Å². The van der Waals surface area contributed by atoms with E-state index in [4.69, 9.17) is 0 Å². The van der Waals surface area contributed by atoms with E-state index in [-0.39, 0.29) is 0 Å². The molecule has 3 aromatic rings. The first-order valence-corrected chi connectivity index (χ1v) is 7.40. The topological polar surface area (TPSA) is 44.0 Å². The summed E-state index contributed by atoms with van der Waals surface area (Å²) in [6, 6.07) is 17.1. The van der Waals surface area contributed by atoms with Crippen LogP contribution in [-0.4, -0.2) is 36.4 Å². The molecule has 0 amide bonds.